The third-order valence-corrected chi connectivity index (χ3v) is 6.23. The van der Waals surface area contributed by atoms with Crippen LogP contribution in [0.5, 0.6) is 0 Å². The number of nitrogens with zero attached hydrogens (tertiary/aromatic N) is 6. The fraction of sp³-hybridized carbons (Fsp3) is 0.455. The Balaban J connectivity index is 1.34. The van der Waals surface area contributed by atoms with Crippen LogP contribution in [-0.4, -0.2) is 55.1 Å². The highest BCUT2D eigenvalue weighted by Gasteiger charge is 2.29. The second kappa shape index (κ2) is 7.55. The minimum Gasteiger partial charge on any atom is -0.334 e. The van der Waals surface area contributed by atoms with Crippen LogP contribution in [-0.2, 0) is 24.4 Å². The van der Waals surface area contributed by atoms with Gasteiger partial charge in [0, 0.05) is 50.6 Å². The van der Waals surface area contributed by atoms with E-state index in [1.54, 1.807) is 6.92 Å². The number of likely N-dealkylation sites (tertiary alicyclic amines) is 1. The van der Waals surface area contributed by atoms with Crippen LogP contribution in [0.2, 0.25) is 0 Å². The molecule has 0 bridgehead atoms. The van der Waals surface area contributed by atoms with E-state index in [4.69, 9.17) is 0 Å². The molecule has 7 nitrogen and oxygen atoms in total. The topological polar surface area (TPSA) is 67.2 Å². The van der Waals surface area contributed by atoms with Crippen molar-refractivity contribution >= 4 is 16.8 Å². The van der Waals surface area contributed by atoms with Gasteiger partial charge < -0.3 is 9.47 Å². The molecule has 0 aliphatic carbocycles. The predicted molar refractivity (Wildman–Crippen MR) is 110 cm³/mol. The number of carbonyl (C=O) groups excluding carboxylic acids is 1. The summed E-state index contributed by atoms with van der Waals surface area (Å²) in [6.07, 6.45) is 4.21. The molecule has 2 aromatic heterocycles. The maximum absolute atomic E-state index is 11.7. The van der Waals surface area contributed by atoms with Gasteiger partial charge in [0.05, 0.1) is 12.1 Å². The summed E-state index contributed by atoms with van der Waals surface area (Å²) < 4.78 is 2.25. The summed E-state index contributed by atoms with van der Waals surface area (Å²) in [5.74, 6) is 2.50. The average Bonchev–Trinajstić information content (AvgIpc) is 3.17. The first kappa shape index (κ1) is 18.2. The Morgan fingerprint density at radius 2 is 2.03 bits per heavy atom. The number of hydrogen-bond acceptors (Lipinski definition) is 5. The molecule has 150 valence electrons. The van der Waals surface area contributed by atoms with Crippen molar-refractivity contribution in [3.63, 3.8) is 0 Å². The first-order valence-electron chi connectivity index (χ1n) is 10.4. The van der Waals surface area contributed by atoms with Crippen LogP contribution in [0.3, 0.4) is 0 Å². The Kier molecular flexibility index (Phi) is 4.75. The Morgan fingerprint density at radius 1 is 1.14 bits per heavy atom. The molecule has 1 aromatic carbocycles. The number of fused-ring (bicyclic) bond motifs is 2. The van der Waals surface area contributed by atoms with Crippen LogP contribution in [0.15, 0.2) is 36.5 Å². The Morgan fingerprint density at radius 3 is 2.93 bits per heavy atom. The zero-order valence-electron chi connectivity index (χ0n) is 16.8. The van der Waals surface area contributed by atoms with Gasteiger partial charge in [-0.3, -0.25) is 14.7 Å². The van der Waals surface area contributed by atoms with Gasteiger partial charge in [-0.2, -0.15) is 0 Å². The van der Waals surface area contributed by atoms with Crippen LogP contribution in [0.4, 0.5) is 0 Å². The lowest BCUT2D eigenvalue weighted by atomic mass is 9.96. The molecule has 4 heterocycles. The van der Waals surface area contributed by atoms with E-state index < -0.39 is 0 Å². The molecule has 1 saturated heterocycles. The van der Waals surface area contributed by atoms with Crippen LogP contribution in [0, 0.1) is 0 Å². The number of rotatable bonds is 3. The van der Waals surface area contributed by atoms with Crippen molar-refractivity contribution in [2.24, 2.45) is 0 Å². The van der Waals surface area contributed by atoms with Crippen molar-refractivity contribution in [2.75, 3.05) is 19.6 Å². The normalized spacial score (nSPS) is 20.0. The maximum Gasteiger partial charge on any atom is 0.219 e. The summed E-state index contributed by atoms with van der Waals surface area (Å²) in [6.45, 7) is 6.75. The van der Waals surface area contributed by atoms with Crippen molar-refractivity contribution in [1.82, 2.24) is 29.5 Å². The number of benzene rings is 1. The molecule has 1 amide bonds. The molecule has 5 rings (SSSR count). The minimum absolute atomic E-state index is 0.106. The van der Waals surface area contributed by atoms with Gasteiger partial charge in [0.25, 0.3) is 0 Å². The van der Waals surface area contributed by atoms with Crippen LogP contribution >= 0.6 is 0 Å². The first-order chi connectivity index (χ1) is 14.2. The number of piperidine rings is 1. The molecule has 2 aliphatic rings. The van der Waals surface area contributed by atoms with E-state index in [1.165, 1.54) is 10.9 Å². The van der Waals surface area contributed by atoms with Gasteiger partial charge in [0.15, 0.2) is 5.82 Å². The lowest BCUT2D eigenvalue weighted by Crippen LogP contribution is -2.39. The van der Waals surface area contributed by atoms with Gasteiger partial charge in [-0.1, -0.05) is 18.2 Å². The van der Waals surface area contributed by atoms with E-state index in [0.717, 1.165) is 62.7 Å². The lowest BCUT2D eigenvalue weighted by molar-refractivity contribution is -0.130. The molecule has 7 heteroatoms. The minimum atomic E-state index is 0.106. The molecular weight excluding hydrogens is 364 g/mol. The molecule has 3 aromatic rings. The summed E-state index contributed by atoms with van der Waals surface area (Å²) in [4.78, 5) is 20.5. The number of carbonyl (C=O) groups is 1. The van der Waals surface area contributed by atoms with Gasteiger partial charge >= 0.3 is 0 Å². The standard InChI is InChI=1S/C22H26N6O/c1-16(29)27-11-12-28-21(15-27)24-25-22(28)18-5-4-10-26(14-18)13-17-8-9-23-20-7-3-2-6-19(17)20/h2-3,6-9,18H,4-5,10-15H2,1H3/t18-/m0/s1. The SMILES string of the molecule is CC(=O)N1CCn2c(nnc2[C@H]2CCCN(Cc3ccnc4ccccc34)C2)C1. The molecule has 0 saturated carbocycles. The number of amides is 1. The summed E-state index contributed by atoms with van der Waals surface area (Å²) in [5.41, 5.74) is 2.39. The highest BCUT2D eigenvalue weighted by molar-refractivity contribution is 5.81. The van der Waals surface area contributed by atoms with Crippen LogP contribution in [0.1, 0.15) is 42.9 Å². The summed E-state index contributed by atoms with van der Waals surface area (Å²) in [5, 5.41) is 10.2. The number of hydrogen-bond donors (Lipinski definition) is 0. The highest BCUT2D eigenvalue weighted by atomic mass is 16.2. The van der Waals surface area contributed by atoms with Crippen molar-refractivity contribution < 1.29 is 4.79 Å². The van der Waals surface area contributed by atoms with Crippen LogP contribution in [0.25, 0.3) is 10.9 Å². The fourth-order valence-corrected chi connectivity index (χ4v) is 4.69. The molecule has 0 unspecified atom stereocenters. The van der Waals surface area contributed by atoms with E-state index in [2.05, 4.69) is 48.9 Å². The van der Waals surface area contributed by atoms with Gasteiger partial charge in [0.2, 0.25) is 5.91 Å². The van der Waals surface area contributed by atoms with Gasteiger partial charge in [-0.25, -0.2) is 0 Å². The summed E-state index contributed by atoms with van der Waals surface area (Å²) in [6, 6.07) is 10.5. The molecule has 1 atom stereocenters. The molecule has 29 heavy (non-hydrogen) atoms. The molecule has 0 N–H and O–H groups in total. The fourth-order valence-electron chi connectivity index (χ4n) is 4.69. The number of para-hydroxylation sites is 1. The largest absolute Gasteiger partial charge is 0.334 e. The van der Waals surface area contributed by atoms with Gasteiger partial charge in [-0.15, -0.1) is 10.2 Å². The van der Waals surface area contributed by atoms with Crippen molar-refractivity contribution in [2.45, 2.75) is 45.3 Å². The Hall–Kier alpha value is -2.80. The van der Waals surface area contributed by atoms with Crippen molar-refractivity contribution in [3.8, 4) is 0 Å². The lowest BCUT2D eigenvalue weighted by Gasteiger charge is -2.33. The van der Waals surface area contributed by atoms with Crippen molar-refractivity contribution in [3.05, 3.63) is 53.7 Å². The maximum atomic E-state index is 11.7. The van der Waals surface area contributed by atoms with Crippen molar-refractivity contribution in [1.29, 1.82) is 0 Å². The van der Waals surface area contributed by atoms with E-state index in [0.29, 0.717) is 12.5 Å². The second-order valence-electron chi connectivity index (χ2n) is 8.13. The summed E-state index contributed by atoms with van der Waals surface area (Å²) >= 11 is 0. The predicted octanol–water partition coefficient (Wildman–Crippen LogP) is 2.57. The average molecular weight is 390 g/mol. The molecular formula is C22H26N6O. The van der Waals surface area contributed by atoms with E-state index >= 15 is 0 Å². The molecule has 0 spiro atoms. The van der Waals surface area contributed by atoms with E-state index in [9.17, 15) is 4.79 Å². The monoisotopic (exact) mass is 390 g/mol. The zero-order valence-corrected chi connectivity index (χ0v) is 16.8. The molecule has 2 aliphatic heterocycles. The first-order valence-corrected chi connectivity index (χ1v) is 10.4. The number of pyridine rings is 1. The zero-order chi connectivity index (χ0) is 19.8. The van der Waals surface area contributed by atoms with Gasteiger partial charge in [-0.05, 0) is 37.1 Å². The highest BCUT2D eigenvalue weighted by Crippen LogP contribution is 2.29. The number of aromatic nitrogens is 4. The van der Waals surface area contributed by atoms with Gasteiger partial charge in [0.1, 0.15) is 5.82 Å². The second-order valence-corrected chi connectivity index (χ2v) is 8.13. The Bertz CT molecular complexity index is 1040. The van der Waals surface area contributed by atoms with Crippen LogP contribution < -0.4 is 0 Å². The third-order valence-electron chi connectivity index (χ3n) is 6.23. The van der Waals surface area contributed by atoms with E-state index in [1.807, 2.05) is 17.2 Å². The summed E-state index contributed by atoms with van der Waals surface area (Å²) in [7, 11) is 0. The Labute approximate surface area is 170 Å². The smallest absolute Gasteiger partial charge is 0.219 e. The quantitative estimate of drug-likeness (QED) is 0.688. The molecule has 1 fully saturated rings. The van der Waals surface area contributed by atoms with E-state index in [-0.39, 0.29) is 5.91 Å². The third kappa shape index (κ3) is 3.51. The molecule has 0 radical (unpaired) electrons.